The molecular formula is C42H59N3O4Si. The highest BCUT2D eigenvalue weighted by molar-refractivity contribution is 6.99. The summed E-state index contributed by atoms with van der Waals surface area (Å²) in [4.78, 5) is 24.5. The van der Waals surface area contributed by atoms with Crippen molar-refractivity contribution < 1.29 is 18.8 Å². The second kappa shape index (κ2) is 21.4. The topological polar surface area (TPSA) is 89.3 Å². The smallest absolute Gasteiger partial charge is 0.305 e. The van der Waals surface area contributed by atoms with Crippen LogP contribution < -0.4 is 15.7 Å². The van der Waals surface area contributed by atoms with Gasteiger partial charge in [0.25, 0.3) is 8.32 Å². The second-order valence-electron chi connectivity index (χ2n) is 14.2. The molecule has 0 aliphatic carbocycles. The first-order valence-electron chi connectivity index (χ1n) is 18.3. The second-order valence-corrected chi connectivity index (χ2v) is 18.5. The molecule has 50 heavy (non-hydrogen) atoms. The van der Waals surface area contributed by atoms with E-state index in [9.17, 15) is 9.59 Å². The highest BCUT2D eigenvalue weighted by Gasteiger charge is 2.50. The number of hydrogen-bond donors (Lipinski definition) is 1. The number of ether oxygens (including phenoxy) is 1. The molecule has 0 aromatic heterocycles. The summed E-state index contributed by atoms with van der Waals surface area (Å²) in [6.07, 6.45) is 24.7. The minimum Gasteiger partial charge on any atom is -0.465 e. The van der Waals surface area contributed by atoms with Crippen molar-refractivity contribution >= 4 is 30.6 Å². The predicted octanol–water partition coefficient (Wildman–Crippen LogP) is 8.92. The van der Waals surface area contributed by atoms with Crippen molar-refractivity contribution in [2.45, 2.75) is 116 Å². The number of amides is 1. The molecule has 7 nitrogen and oxygen atoms in total. The Morgan fingerprint density at radius 1 is 0.780 bits per heavy atom. The molecule has 3 rings (SSSR count). The zero-order chi connectivity index (χ0) is 36.1. The van der Waals surface area contributed by atoms with Gasteiger partial charge < -0.3 is 14.5 Å². The Labute approximate surface area is 302 Å². The largest absolute Gasteiger partial charge is 0.465 e. The Bertz CT molecular complexity index is 1400. The molecule has 0 saturated heterocycles. The maximum atomic E-state index is 12.7. The number of nitrogens with one attached hydrogen (secondary N) is 1. The van der Waals surface area contributed by atoms with E-state index in [1.165, 1.54) is 10.4 Å². The molecule has 1 aliphatic rings. The van der Waals surface area contributed by atoms with Crippen LogP contribution in [0.5, 0.6) is 0 Å². The molecular weight excluding hydrogens is 639 g/mol. The minimum atomic E-state index is -2.63. The van der Waals surface area contributed by atoms with Crippen LogP contribution in [-0.2, 0) is 18.8 Å². The lowest BCUT2D eigenvalue weighted by molar-refractivity contribution is -0.143. The summed E-state index contributed by atoms with van der Waals surface area (Å²) in [6.45, 7) is 11.7. The van der Waals surface area contributed by atoms with Crippen molar-refractivity contribution in [2.24, 2.45) is 10.2 Å². The summed E-state index contributed by atoms with van der Waals surface area (Å²) in [5.74, 6) is -0.0771. The van der Waals surface area contributed by atoms with E-state index in [4.69, 9.17) is 9.16 Å². The first-order chi connectivity index (χ1) is 24.1. The van der Waals surface area contributed by atoms with Crippen LogP contribution in [0.1, 0.15) is 98.8 Å². The maximum absolute atomic E-state index is 12.7. The van der Waals surface area contributed by atoms with E-state index in [-0.39, 0.29) is 28.6 Å². The first kappa shape index (κ1) is 40.5. The number of allylic oxidation sites excluding steroid dienone is 7. The monoisotopic (exact) mass is 697 g/mol. The Morgan fingerprint density at radius 2 is 1.30 bits per heavy atom. The summed E-state index contributed by atoms with van der Waals surface area (Å²) in [7, 11) is -2.63. The number of unbranched alkanes of at least 4 members (excludes halogenated alkanes) is 1. The van der Waals surface area contributed by atoms with Crippen LogP contribution in [-0.4, -0.2) is 45.1 Å². The Balaban J connectivity index is 1.24. The average Bonchev–Trinajstić information content (AvgIpc) is 3.83. The molecule has 0 spiro atoms. The molecule has 1 heterocycles. The third-order valence-corrected chi connectivity index (χ3v) is 13.7. The SMILES string of the molecule is C[C@H](CO[Si](c1ccccc1)(c1ccccc1)C(C)(C)C)NC(=O)CCC/C=C\C/C=C\C/C=C\C/C=C\CCOC(=O)CCCC1(C)N=N1. The van der Waals surface area contributed by atoms with E-state index < -0.39 is 8.32 Å². The normalized spacial score (nSPS) is 15.0. The van der Waals surface area contributed by atoms with Crippen molar-refractivity contribution in [3.05, 3.63) is 109 Å². The number of benzene rings is 2. The van der Waals surface area contributed by atoms with Crippen LogP contribution in [0.4, 0.5) is 0 Å². The van der Waals surface area contributed by atoms with Gasteiger partial charge in [-0.2, -0.15) is 10.2 Å². The van der Waals surface area contributed by atoms with Gasteiger partial charge in [-0.25, -0.2) is 0 Å². The predicted molar refractivity (Wildman–Crippen MR) is 208 cm³/mol. The van der Waals surface area contributed by atoms with E-state index in [0.717, 1.165) is 51.4 Å². The van der Waals surface area contributed by atoms with Crippen LogP contribution >= 0.6 is 0 Å². The number of carbonyl (C=O) groups excluding carboxylic acids is 2. The highest BCUT2D eigenvalue weighted by Crippen LogP contribution is 2.37. The fourth-order valence-corrected chi connectivity index (χ4v) is 10.6. The number of esters is 1. The van der Waals surface area contributed by atoms with Crippen molar-refractivity contribution in [1.29, 1.82) is 0 Å². The third kappa shape index (κ3) is 14.5. The van der Waals surface area contributed by atoms with Gasteiger partial charge in [-0.15, -0.1) is 0 Å². The molecule has 1 atom stereocenters. The lowest BCUT2D eigenvalue weighted by Gasteiger charge is -2.43. The molecule has 1 aliphatic heterocycles. The fraction of sp³-hybridized carbons (Fsp3) is 0.476. The van der Waals surface area contributed by atoms with Gasteiger partial charge in [0.1, 0.15) is 0 Å². The first-order valence-corrected chi connectivity index (χ1v) is 20.2. The molecule has 0 unspecified atom stereocenters. The van der Waals surface area contributed by atoms with E-state index in [1.54, 1.807) is 0 Å². The lowest BCUT2D eigenvalue weighted by Crippen LogP contribution is -2.67. The summed E-state index contributed by atoms with van der Waals surface area (Å²) < 4.78 is 12.2. The Morgan fingerprint density at radius 3 is 1.82 bits per heavy atom. The number of hydrogen-bond acceptors (Lipinski definition) is 6. The zero-order valence-corrected chi connectivity index (χ0v) is 32.0. The van der Waals surface area contributed by atoms with E-state index in [2.05, 4.69) is 133 Å². The molecule has 0 radical (unpaired) electrons. The Hall–Kier alpha value is -3.88. The minimum absolute atomic E-state index is 0.0697. The van der Waals surface area contributed by atoms with E-state index in [0.29, 0.717) is 26.1 Å². The van der Waals surface area contributed by atoms with Gasteiger partial charge in [-0.05, 0) is 80.6 Å². The van der Waals surface area contributed by atoms with Gasteiger partial charge in [0.05, 0.1) is 13.2 Å². The number of rotatable bonds is 23. The van der Waals surface area contributed by atoms with Gasteiger partial charge in [-0.1, -0.05) is 130 Å². The van der Waals surface area contributed by atoms with Crippen molar-refractivity contribution in [1.82, 2.24) is 5.32 Å². The standard InChI is InChI=1S/C42H59N3O4Si/c1-36(35-49-50(41(2,3)4,37-27-20-18-21-28-37)38-29-22-19-23-30-38)43-39(46)31-24-16-14-12-10-8-6-7-9-11-13-15-17-25-34-48-40(47)32-26-33-42(5)44-45-42/h6,8-9,11-12,14-15,17-23,27-30,36H,7,10,13,16,24-26,31-35H2,1-5H3,(H,43,46)/b8-6-,11-9-,14-12-,17-15-/t36-/m1/s1. The average molecular weight is 698 g/mol. The van der Waals surface area contributed by atoms with Crippen LogP contribution in [0.3, 0.4) is 0 Å². The summed E-state index contributed by atoms with van der Waals surface area (Å²) >= 11 is 0. The molecule has 2 aromatic rings. The molecule has 0 saturated carbocycles. The van der Waals surface area contributed by atoms with Gasteiger partial charge in [0.2, 0.25) is 5.91 Å². The van der Waals surface area contributed by atoms with Gasteiger partial charge in [-0.3, -0.25) is 9.59 Å². The molecule has 8 heteroatoms. The Kier molecular flexibility index (Phi) is 17.3. The number of carbonyl (C=O) groups is 2. The van der Waals surface area contributed by atoms with Crippen molar-refractivity contribution in [2.75, 3.05) is 13.2 Å². The highest BCUT2D eigenvalue weighted by atomic mass is 28.4. The molecule has 270 valence electrons. The quantitative estimate of drug-likeness (QED) is 0.0544. The fourth-order valence-electron chi connectivity index (χ4n) is 5.90. The zero-order valence-electron chi connectivity index (χ0n) is 31.0. The molecule has 1 amide bonds. The van der Waals surface area contributed by atoms with Crippen LogP contribution in [0.2, 0.25) is 5.04 Å². The summed E-state index contributed by atoms with van der Waals surface area (Å²) in [5, 5.41) is 13.5. The van der Waals surface area contributed by atoms with Gasteiger partial charge in [0.15, 0.2) is 5.66 Å². The van der Waals surface area contributed by atoms with Gasteiger partial charge >= 0.3 is 5.97 Å². The van der Waals surface area contributed by atoms with E-state index >= 15 is 0 Å². The summed E-state index contributed by atoms with van der Waals surface area (Å²) in [6, 6.07) is 21.1. The molecule has 1 N–H and O–H groups in total. The van der Waals surface area contributed by atoms with Crippen molar-refractivity contribution in [3.8, 4) is 0 Å². The van der Waals surface area contributed by atoms with Crippen LogP contribution in [0.25, 0.3) is 0 Å². The third-order valence-electron chi connectivity index (χ3n) is 8.65. The summed E-state index contributed by atoms with van der Waals surface area (Å²) in [5.41, 5.74) is -0.238. The number of nitrogens with zero attached hydrogens (tertiary/aromatic N) is 2. The van der Waals surface area contributed by atoms with E-state index in [1.807, 2.05) is 26.0 Å². The van der Waals surface area contributed by atoms with Crippen LogP contribution in [0.15, 0.2) is 120 Å². The maximum Gasteiger partial charge on any atom is 0.305 e. The van der Waals surface area contributed by atoms with Crippen molar-refractivity contribution in [3.63, 3.8) is 0 Å². The molecule has 0 fully saturated rings. The molecule has 2 aromatic carbocycles. The van der Waals surface area contributed by atoms with Crippen LogP contribution in [0, 0.1) is 0 Å². The van der Waals surface area contributed by atoms with Gasteiger partial charge in [0, 0.05) is 18.9 Å². The lowest BCUT2D eigenvalue weighted by atomic mass is 10.1. The molecule has 0 bridgehead atoms.